The third-order valence-electron chi connectivity index (χ3n) is 4.38. The number of rotatable bonds is 6. The highest BCUT2D eigenvalue weighted by Crippen LogP contribution is 2.24. The predicted molar refractivity (Wildman–Crippen MR) is 110 cm³/mol. The van der Waals surface area contributed by atoms with Crippen LogP contribution in [0.2, 0.25) is 0 Å². The summed E-state index contributed by atoms with van der Waals surface area (Å²) < 4.78 is 0. The van der Waals surface area contributed by atoms with Crippen LogP contribution in [-0.2, 0) is 6.54 Å². The van der Waals surface area contributed by atoms with Gasteiger partial charge in [-0.2, -0.15) is 0 Å². The van der Waals surface area contributed by atoms with Gasteiger partial charge in [-0.05, 0) is 35.2 Å². The fourth-order valence-electron chi connectivity index (χ4n) is 2.87. The van der Waals surface area contributed by atoms with Crippen molar-refractivity contribution in [2.24, 2.45) is 0 Å². The van der Waals surface area contributed by atoms with E-state index in [2.05, 4.69) is 29.5 Å². The Balaban J connectivity index is 1.70. The van der Waals surface area contributed by atoms with E-state index < -0.39 is 0 Å². The fraction of sp³-hybridized carbons (Fsp3) is 0.174. The van der Waals surface area contributed by atoms with E-state index in [0.29, 0.717) is 12.1 Å². The van der Waals surface area contributed by atoms with Gasteiger partial charge >= 0.3 is 0 Å². The highest BCUT2D eigenvalue weighted by Gasteiger charge is 2.14. The van der Waals surface area contributed by atoms with Crippen molar-refractivity contribution in [2.75, 3.05) is 5.32 Å². The van der Waals surface area contributed by atoms with Gasteiger partial charge in [-0.15, -0.1) is 0 Å². The molecule has 0 saturated heterocycles. The molecule has 0 bridgehead atoms. The van der Waals surface area contributed by atoms with E-state index in [-0.39, 0.29) is 23.4 Å². The first-order valence-corrected chi connectivity index (χ1v) is 9.23. The van der Waals surface area contributed by atoms with Gasteiger partial charge in [0.2, 0.25) is 0 Å². The average Bonchev–Trinajstić information content (AvgIpc) is 2.73. The molecular weight excluding hydrogens is 350 g/mol. The molecule has 2 aromatic carbocycles. The van der Waals surface area contributed by atoms with Crippen molar-refractivity contribution in [2.45, 2.75) is 26.3 Å². The Morgan fingerprint density at radius 1 is 0.929 bits per heavy atom. The SMILES string of the molecule is CC(C)c1ccccc1NC(=O)c1ccnc(C(=O)NCc2ccccc2)c1. The molecule has 2 N–H and O–H groups in total. The first-order chi connectivity index (χ1) is 13.5. The Labute approximate surface area is 164 Å². The lowest BCUT2D eigenvalue weighted by Crippen LogP contribution is -2.24. The summed E-state index contributed by atoms with van der Waals surface area (Å²) in [4.78, 5) is 29.2. The van der Waals surface area contributed by atoms with E-state index in [1.54, 1.807) is 6.07 Å². The maximum atomic E-state index is 12.7. The van der Waals surface area contributed by atoms with Crippen LogP contribution < -0.4 is 10.6 Å². The number of benzene rings is 2. The fourth-order valence-corrected chi connectivity index (χ4v) is 2.87. The maximum Gasteiger partial charge on any atom is 0.270 e. The zero-order chi connectivity index (χ0) is 19.9. The van der Waals surface area contributed by atoms with Crippen molar-refractivity contribution < 1.29 is 9.59 Å². The quantitative estimate of drug-likeness (QED) is 0.673. The van der Waals surface area contributed by atoms with Gasteiger partial charge in [0.05, 0.1) is 0 Å². The molecule has 1 aromatic heterocycles. The van der Waals surface area contributed by atoms with Gasteiger partial charge in [-0.25, -0.2) is 0 Å². The summed E-state index contributed by atoms with van der Waals surface area (Å²) in [6.45, 7) is 4.55. The summed E-state index contributed by atoms with van der Waals surface area (Å²) in [7, 11) is 0. The topological polar surface area (TPSA) is 71.1 Å². The third-order valence-corrected chi connectivity index (χ3v) is 4.38. The van der Waals surface area contributed by atoms with Crippen LogP contribution in [0.3, 0.4) is 0 Å². The molecule has 0 atom stereocenters. The molecule has 2 amide bonds. The number of carbonyl (C=O) groups is 2. The van der Waals surface area contributed by atoms with Gasteiger partial charge in [0.15, 0.2) is 0 Å². The average molecular weight is 373 g/mol. The number of para-hydroxylation sites is 1. The third kappa shape index (κ3) is 4.82. The number of nitrogens with one attached hydrogen (secondary N) is 2. The molecule has 0 spiro atoms. The second kappa shape index (κ2) is 8.95. The van der Waals surface area contributed by atoms with Crippen LogP contribution in [0.4, 0.5) is 5.69 Å². The minimum Gasteiger partial charge on any atom is -0.347 e. The molecular formula is C23H23N3O2. The van der Waals surface area contributed by atoms with Crippen molar-refractivity contribution in [3.05, 3.63) is 95.3 Å². The summed E-state index contributed by atoms with van der Waals surface area (Å²) in [6, 6.07) is 20.4. The van der Waals surface area contributed by atoms with E-state index >= 15 is 0 Å². The van der Waals surface area contributed by atoms with Crippen molar-refractivity contribution in [1.29, 1.82) is 0 Å². The highest BCUT2D eigenvalue weighted by atomic mass is 16.2. The summed E-state index contributed by atoms with van der Waals surface area (Å²) in [6.07, 6.45) is 1.47. The number of hydrogen-bond acceptors (Lipinski definition) is 3. The van der Waals surface area contributed by atoms with E-state index in [1.807, 2.05) is 54.6 Å². The number of carbonyl (C=O) groups excluding carboxylic acids is 2. The Bertz CT molecular complexity index is 968. The highest BCUT2D eigenvalue weighted by molar-refractivity contribution is 6.06. The van der Waals surface area contributed by atoms with Crippen LogP contribution in [0.5, 0.6) is 0 Å². The molecule has 0 fully saturated rings. The van der Waals surface area contributed by atoms with E-state index in [4.69, 9.17) is 0 Å². The number of anilines is 1. The minimum atomic E-state index is -0.318. The molecule has 0 aliphatic heterocycles. The standard InChI is InChI=1S/C23H23N3O2/c1-16(2)19-10-6-7-11-20(19)26-22(27)18-12-13-24-21(14-18)23(28)25-15-17-8-4-3-5-9-17/h3-14,16H,15H2,1-2H3,(H,25,28)(H,26,27). The molecule has 3 rings (SSSR count). The second-order valence-corrected chi connectivity index (χ2v) is 6.79. The van der Waals surface area contributed by atoms with Crippen molar-refractivity contribution in [3.8, 4) is 0 Å². The Morgan fingerprint density at radius 2 is 1.64 bits per heavy atom. The molecule has 0 unspecified atom stereocenters. The van der Waals surface area contributed by atoms with E-state index in [1.165, 1.54) is 12.3 Å². The molecule has 0 saturated carbocycles. The molecule has 5 heteroatoms. The van der Waals surface area contributed by atoms with E-state index in [9.17, 15) is 9.59 Å². The molecule has 142 valence electrons. The zero-order valence-electron chi connectivity index (χ0n) is 16.0. The molecule has 5 nitrogen and oxygen atoms in total. The summed E-state index contributed by atoms with van der Waals surface area (Å²) >= 11 is 0. The van der Waals surface area contributed by atoms with Crippen molar-refractivity contribution in [1.82, 2.24) is 10.3 Å². The summed E-state index contributed by atoms with van der Waals surface area (Å²) in [5.74, 6) is -0.304. The van der Waals surface area contributed by atoms with Crippen molar-refractivity contribution >= 4 is 17.5 Å². The maximum absolute atomic E-state index is 12.7. The number of aromatic nitrogens is 1. The monoisotopic (exact) mass is 373 g/mol. The lowest BCUT2D eigenvalue weighted by Gasteiger charge is -2.14. The normalized spacial score (nSPS) is 10.5. The second-order valence-electron chi connectivity index (χ2n) is 6.79. The van der Waals surface area contributed by atoms with Gasteiger partial charge in [0, 0.05) is 24.0 Å². The summed E-state index contributed by atoms with van der Waals surface area (Å²) in [5.41, 5.74) is 3.43. The Hall–Kier alpha value is -3.47. The first-order valence-electron chi connectivity index (χ1n) is 9.23. The lowest BCUT2D eigenvalue weighted by molar-refractivity contribution is 0.0946. The predicted octanol–water partition coefficient (Wildman–Crippen LogP) is 4.39. The van der Waals surface area contributed by atoms with Crippen LogP contribution in [0.25, 0.3) is 0 Å². The van der Waals surface area contributed by atoms with Crippen LogP contribution in [-0.4, -0.2) is 16.8 Å². The Kier molecular flexibility index (Phi) is 6.17. The van der Waals surface area contributed by atoms with Crippen LogP contribution in [0.15, 0.2) is 72.9 Å². The zero-order valence-corrected chi connectivity index (χ0v) is 16.0. The van der Waals surface area contributed by atoms with Gasteiger partial charge in [0.25, 0.3) is 11.8 Å². The van der Waals surface area contributed by atoms with Crippen LogP contribution in [0.1, 0.15) is 51.7 Å². The van der Waals surface area contributed by atoms with Gasteiger partial charge < -0.3 is 10.6 Å². The van der Waals surface area contributed by atoms with E-state index in [0.717, 1.165) is 16.8 Å². The van der Waals surface area contributed by atoms with Gasteiger partial charge in [0.1, 0.15) is 5.69 Å². The molecule has 3 aromatic rings. The molecule has 0 aliphatic rings. The minimum absolute atomic E-state index is 0.209. The van der Waals surface area contributed by atoms with Gasteiger partial charge in [-0.1, -0.05) is 62.4 Å². The molecule has 0 radical (unpaired) electrons. The molecule has 0 aliphatic carbocycles. The number of amides is 2. The molecule has 28 heavy (non-hydrogen) atoms. The summed E-state index contributed by atoms with van der Waals surface area (Å²) in [5, 5.41) is 5.76. The lowest BCUT2D eigenvalue weighted by atomic mass is 10.0. The number of pyridine rings is 1. The van der Waals surface area contributed by atoms with Crippen molar-refractivity contribution in [3.63, 3.8) is 0 Å². The van der Waals surface area contributed by atoms with Crippen LogP contribution in [0, 0.1) is 0 Å². The number of nitrogens with zero attached hydrogens (tertiary/aromatic N) is 1. The molecule has 1 heterocycles. The van der Waals surface area contributed by atoms with Gasteiger partial charge in [-0.3, -0.25) is 14.6 Å². The Morgan fingerprint density at radius 3 is 2.39 bits per heavy atom. The number of hydrogen-bond donors (Lipinski definition) is 2. The smallest absolute Gasteiger partial charge is 0.270 e. The first kappa shape index (κ1) is 19.3. The largest absolute Gasteiger partial charge is 0.347 e. The van der Waals surface area contributed by atoms with Crippen LogP contribution >= 0.6 is 0 Å².